The van der Waals surface area contributed by atoms with Gasteiger partial charge in [0.2, 0.25) is 5.91 Å². The number of carbonyl (C=O) groups excluding carboxylic acids is 1. The van der Waals surface area contributed by atoms with E-state index in [1.165, 1.54) is 0 Å². The number of hydrogen-bond acceptors (Lipinski definition) is 4. The van der Waals surface area contributed by atoms with Crippen LogP contribution in [0.1, 0.15) is 19.8 Å². The lowest BCUT2D eigenvalue weighted by molar-refractivity contribution is -0.120. The highest BCUT2D eigenvalue weighted by Gasteiger charge is 2.15. The van der Waals surface area contributed by atoms with Gasteiger partial charge in [-0.1, -0.05) is 0 Å². The Kier molecular flexibility index (Phi) is 4.55. The quantitative estimate of drug-likeness (QED) is 0.508. The zero-order valence-corrected chi connectivity index (χ0v) is 8.55. The van der Waals surface area contributed by atoms with E-state index in [-0.39, 0.29) is 12.1 Å². The molecule has 14 heavy (non-hydrogen) atoms. The second kappa shape index (κ2) is 5.72. The number of nitrogens with one attached hydrogen (secondary N) is 2. The van der Waals surface area contributed by atoms with Crippen LogP contribution in [0.3, 0.4) is 0 Å². The molecule has 1 rings (SSSR count). The van der Waals surface area contributed by atoms with Gasteiger partial charge in [-0.05, 0) is 26.4 Å². The number of amides is 1. The van der Waals surface area contributed by atoms with Crippen LogP contribution in [0, 0.1) is 0 Å². The fraction of sp³-hybridized carbons (Fsp3) is 0.778. The summed E-state index contributed by atoms with van der Waals surface area (Å²) < 4.78 is 0. The van der Waals surface area contributed by atoms with Gasteiger partial charge in [0, 0.05) is 12.3 Å². The number of nitrogens with two attached hydrogens (primary N) is 1. The first-order valence-corrected chi connectivity index (χ1v) is 4.98. The summed E-state index contributed by atoms with van der Waals surface area (Å²) in [6, 6.07) is 0. The molecule has 1 unspecified atom stereocenters. The monoisotopic (exact) mass is 198 g/mol. The summed E-state index contributed by atoms with van der Waals surface area (Å²) in [6.07, 6.45) is 1.29. The van der Waals surface area contributed by atoms with Gasteiger partial charge >= 0.3 is 0 Å². The van der Waals surface area contributed by atoms with Crippen molar-refractivity contribution in [1.82, 2.24) is 10.6 Å². The van der Waals surface area contributed by atoms with Crippen LogP contribution in [0.25, 0.3) is 0 Å². The predicted molar refractivity (Wildman–Crippen MR) is 56.2 cm³/mol. The summed E-state index contributed by atoms with van der Waals surface area (Å²) in [5.74, 6) is 0.0584. The largest absolute Gasteiger partial charge is 0.334 e. The lowest BCUT2D eigenvalue weighted by atomic mass is 10.2. The molecule has 80 valence electrons. The molecule has 0 aliphatic carbocycles. The first-order valence-electron chi connectivity index (χ1n) is 4.98. The summed E-state index contributed by atoms with van der Waals surface area (Å²) in [7, 11) is 0. The summed E-state index contributed by atoms with van der Waals surface area (Å²) in [5, 5.41) is 5.94. The molecule has 1 heterocycles. The standard InChI is InChI=1S/C9H18N4O/c1-7-12-8(5-9(14)13-7)6-11-4-2-3-10/h7,11H,2-6,10H2,1H3,(H,13,14). The zero-order valence-electron chi connectivity index (χ0n) is 8.55. The van der Waals surface area contributed by atoms with Crippen molar-refractivity contribution in [3.63, 3.8) is 0 Å². The fourth-order valence-electron chi connectivity index (χ4n) is 1.39. The number of nitrogens with zero attached hydrogens (tertiary/aromatic N) is 1. The number of rotatable bonds is 5. The van der Waals surface area contributed by atoms with Crippen LogP contribution in [0.4, 0.5) is 0 Å². The molecule has 1 amide bonds. The van der Waals surface area contributed by atoms with Crippen molar-refractivity contribution >= 4 is 11.6 Å². The summed E-state index contributed by atoms with van der Waals surface area (Å²) in [4.78, 5) is 15.5. The van der Waals surface area contributed by atoms with Crippen molar-refractivity contribution in [2.24, 2.45) is 10.7 Å². The number of hydrogen-bond donors (Lipinski definition) is 3. The average molecular weight is 198 g/mol. The Hall–Kier alpha value is -0.940. The molecule has 1 aliphatic rings. The normalized spacial score (nSPS) is 21.7. The van der Waals surface area contributed by atoms with Crippen LogP contribution in [0.15, 0.2) is 4.99 Å². The van der Waals surface area contributed by atoms with E-state index in [0.29, 0.717) is 19.5 Å². The van der Waals surface area contributed by atoms with Gasteiger partial charge in [0.15, 0.2) is 0 Å². The Balaban J connectivity index is 2.26. The minimum Gasteiger partial charge on any atom is -0.334 e. The van der Waals surface area contributed by atoms with Gasteiger partial charge in [-0.15, -0.1) is 0 Å². The van der Waals surface area contributed by atoms with E-state index in [1.54, 1.807) is 0 Å². The molecule has 0 spiro atoms. The van der Waals surface area contributed by atoms with Gasteiger partial charge in [0.05, 0.1) is 6.42 Å². The van der Waals surface area contributed by atoms with E-state index in [1.807, 2.05) is 6.92 Å². The topological polar surface area (TPSA) is 79.5 Å². The van der Waals surface area contributed by atoms with E-state index in [2.05, 4.69) is 15.6 Å². The molecule has 0 bridgehead atoms. The van der Waals surface area contributed by atoms with Crippen molar-refractivity contribution in [3.8, 4) is 0 Å². The Morgan fingerprint density at radius 2 is 2.50 bits per heavy atom. The van der Waals surface area contributed by atoms with Crippen LogP contribution in [0.5, 0.6) is 0 Å². The molecular weight excluding hydrogens is 180 g/mol. The van der Waals surface area contributed by atoms with Gasteiger partial charge in [0.1, 0.15) is 6.17 Å². The van der Waals surface area contributed by atoms with Crippen molar-refractivity contribution in [2.75, 3.05) is 19.6 Å². The molecular formula is C9H18N4O. The average Bonchev–Trinajstić information content (AvgIpc) is 2.11. The molecule has 0 fully saturated rings. The van der Waals surface area contributed by atoms with Crippen LogP contribution in [0.2, 0.25) is 0 Å². The summed E-state index contributed by atoms with van der Waals surface area (Å²) in [5.41, 5.74) is 6.29. The van der Waals surface area contributed by atoms with Gasteiger partial charge in [0.25, 0.3) is 0 Å². The van der Waals surface area contributed by atoms with Crippen LogP contribution in [-0.4, -0.2) is 37.4 Å². The Morgan fingerprint density at radius 3 is 3.14 bits per heavy atom. The second-order valence-electron chi connectivity index (χ2n) is 3.43. The van der Waals surface area contributed by atoms with Gasteiger partial charge in [-0.2, -0.15) is 0 Å². The lowest BCUT2D eigenvalue weighted by Gasteiger charge is -2.18. The fourth-order valence-corrected chi connectivity index (χ4v) is 1.39. The van der Waals surface area contributed by atoms with Crippen molar-refractivity contribution in [3.05, 3.63) is 0 Å². The van der Waals surface area contributed by atoms with Crippen LogP contribution >= 0.6 is 0 Å². The minimum absolute atomic E-state index is 0.0584. The van der Waals surface area contributed by atoms with E-state index < -0.39 is 0 Å². The maximum atomic E-state index is 11.1. The third-order valence-electron chi connectivity index (χ3n) is 2.00. The molecule has 0 radical (unpaired) electrons. The molecule has 1 aliphatic heterocycles. The van der Waals surface area contributed by atoms with E-state index >= 15 is 0 Å². The maximum Gasteiger partial charge on any atom is 0.227 e. The van der Waals surface area contributed by atoms with Crippen molar-refractivity contribution < 1.29 is 4.79 Å². The van der Waals surface area contributed by atoms with E-state index in [0.717, 1.165) is 18.7 Å². The van der Waals surface area contributed by atoms with Gasteiger partial charge < -0.3 is 16.4 Å². The lowest BCUT2D eigenvalue weighted by Crippen LogP contribution is -2.40. The maximum absolute atomic E-state index is 11.1. The van der Waals surface area contributed by atoms with Gasteiger partial charge in [-0.3, -0.25) is 9.79 Å². The number of carbonyl (C=O) groups is 1. The summed E-state index contributed by atoms with van der Waals surface area (Å²) >= 11 is 0. The Bertz CT molecular complexity index is 227. The highest BCUT2D eigenvalue weighted by atomic mass is 16.1. The highest BCUT2D eigenvalue weighted by molar-refractivity contribution is 6.03. The second-order valence-corrected chi connectivity index (χ2v) is 3.43. The molecule has 0 saturated heterocycles. The molecule has 4 N–H and O–H groups in total. The van der Waals surface area contributed by atoms with E-state index in [9.17, 15) is 4.79 Å². The number of aliphatic imine (C=N–C) groups is 1. The molecule has 0 saturated carbocycles. The Labute approximate surface area is 84.1 Å². The zero-order chi connectivity index (χ0) is 10.4. The highest BCUT2D eigenvalue weighted by Crippen LogP contribution is 1.99. The van der Waals surface area contributed by atoms with E-state index in [4.69, 9.17) is 5.73 Å². The third kappa shape index (κ3) is 3.85. The smallest absolute Gasteiger partial charge is 0.227 e. The SMILES string of the molecule is CC1N=C(CNCCCN)CC(=O)N1. The van der Waals surface area contributed by atoms with Gasteiger partial charge in [-0.25, -0.2) is 0 Å². The van der Waals surface area contributed by atoms with Crippen molar-refractivity contribution in [2.45, 2.75) is 25.9 Å². The predicted octanol–water partition coefficient (Wildman–Crippen LogP) is -0.768. The first kappa shape index (κ1) is 11.1. The first-order chi connectivity index (χ1) is 6.72. The Morgan fingerprint density at radius 1 is 1.71 bits per heavy atom. The summed E-state index contributed by atoms with van der Waals surface area (Å²) in [6.45, 7) is 4.14. The van der Waals surface area contributed by atoms with Crippen molar-refractivity contribution in [1.29, 1.82) is 0 Å². The molecule has 1 atom stereocenters. The third-order valence-corrected chi connectivity index (χ3v) is 2.00. The molecule has 0 aromatic rings. The van der Waals surface area contributed by atoms with Crippen LogP contribution < -0.4 is 16.4 Å². The molecule has 0 aromatic carbocycles. The molecule has 5 heteroatoms. The minimum atomic E-state index is -0.0810. The van der Waals surface area contributed by atoms with Crippen LogP contribution in [-0.2, 0) is 4.79 Å². The molecule has 0 aromatic heterocycles. The molecule has 5 nitrogen and oxygen atoms in total.